The third-order valence-electron chi connectivity index (χ3n) is 8.50. The number of nitrogens with two attached hydrogens (primary N) is 2. The molecule has 5 atom stereocenters. The predicted octanol–water partition coefficient (Wildman–Crippen LogP) is -5.79. The van der Waals surface area contributed by atoms with E-state index < -0.39 is 153 Å². The molecule has 25 heteroatoms. The van der Waals surface area contributed by atoms with Crippen LogP contribution in [0.4, 0.5) is 0 Å². The van der Waals surface area contributed by atoms with Gasteiger partial charge in [-0.3, -0.25) is 57.5 Å². The van der Waals surface area contributed by atoms with E-state index in [4.69, 9.17) is 16.6 Å². The summed E-state index contributed by atoms with van der Waals surface area (Å²) >= 11 is 0. The van der Waals surface area contributed by atoms with Crippen molar-refractivity contribution in [3.63, 3.8) is 0 Å². The quantitative estimate of drug-likeness (QED) is 0.0373. The number of amides is 10. The van der Waals surface area contributed by atoms with Crippen molar-refractivity contribution in [3.05, 3.63) is 35.9 Å². The third kappa shape index (κ3) is 22.3. The van der Waals surface area contributed by atoms with Gasteiger partial charge >= 0.3 is 11.9 Å². The van der Waals surface area contributed by atoms with Crippen molar-refractivity contribution in [2.24, 2.45) is 23.3 Å². The van der Waals surface area contributed by atoms with Crippen molar-refractivity contribution in [1.29, 1.82) is 0 Å². The van der Waals surface area contributed by atoms with Gasteiger partial charge < -0.3 is 69.5 Å². The predicted molar refractivity (Wildman–Crippen MR) is 219 cm³/mol. The van der Waals surface area contributed by atoms with Gasteiger partial charge in [-0.05, 0) is 23.8 Å². The molecule has 1 aromatic rings. The van der Waals surface area contributed by atoms with Crippen LogP contribution < -0.4 is 59.3 Å². The lowest BCUT2D eigenvalue weighted by atomic mass is 10.0. The van der Waals surface area contributed by atoms with Crippen molar-refractivity contribution >= 4 is 71.0 Å². The number of primary amides is 1. The van der Waals surface area contributed by atoms with Crippen molar-refractivity contribution in [2.75, 3.05) is 32.7 Å². The fourth-order valence-corrected chi connectivity index (χ4v) is 5.43. The minimum absolute atomic E-state index is 0.0538. The first-order chi connectivity index (χ1) is 29.5. The van der Waals surface area contributed by atoms with Crippen LogP contribution in [0.2, 0.25) is 0 Å². The monoisotopic (exact) mass is 891 g/mol. The molecule has 15 N–H and O–H groups in total. The molecule has 0 spiro atoms. The summed E-state index contributed by atoms with van der Waals surface area (Å²) in [5.41, 5.74) is 11.3. The fourth-order valence-electron chi connectivity index (χ4n) is 5.43. The molecule has 1 rings (SSSR count). The average molecular weight is 892 g/mol. The van der Waals surface area contributed by atoms with Gasteiger partial charge in [0.25, 0.3) is 0 Å². The Morgan fingerprint density at radius 1 is 0.524 bits per heavy atom. The summed E-state index contributed by atoms with van der Waals surface area (Å²) < 4.78 is 0. The minimum Gasteiger partial charge on any atom is -0.481 e. The lowest BCUT2D eigenvalue weighted by Gasteiger charge is -2.26. The Balaban J connectivity index is 2.95. The zero-order valence-electron chi connectivity index (χ0n) is 35.2. The Bertz CT molecular complexity index is 1830. The van der Waals surface area contributed by atoms with Gasteiger partial charge in [-0.25, -0.2) is 0 Å². The molecule has 0 radical (unpaired) electrons. The van der Waals surface area contributed by atoms with Crippen LogP contribution in [0.5, 0.6) is 0 Å². The number of aliphatic carboxylic acids is 2. The lowest BCUT2D eigenvalue weighted by molar-refractivity contribution is -0.141. The molecule has 0 fully saturated rings. The van der Waals surface area contributed by atoms with Crippen molar-refractivity contribution in [2.45, 2.75) is 83.6 Å². The number of hydrogen-bond donors (Lipinski definition) is 13. The van der Waals surface area contributed by atoms with Crippen molar-refractivity contribution in [1.82, 2.24) is 47.9 Å². The molecule has 10 amide bonds. The second-order valence-corrected chi connectivity index (χ2v) is 14.8. The lowest BCUT2D eigenvalue weighted by Crippen LogP contribution is -2.59. The second kappa shape index (κ2) is 27.6. The van der Waals surface area contributed by atoms with Gasteiger partial charge in [0.1, 0.15) is 36.8 Å². The number of hydrogen-bond acceptors (Lipinski definition) is 13. The molecule has 0 aromatic heterocycles. The SMILES string of the molecule is CC(C)C[C@H](NC(=O)[C@@H](CC(=O)O)NC(=O)[C@@H](Cc1ccccc1)NC(=O)CN)C(=O)N[C@@H](CC(N)=O)C(=O)NCC(=O)NCC(=O)NCC(=O)N[C@H](C(=O)NCC(=O)O)C(C)C. The molecule has 0 bridgehead atoms. The van der Waals surface area contributed by atoms with E-state index in [-0.39, 0.29) is 18.8 Å². The highest BCUT2D eigenvalue weighted by Gasteiger charge is 2.33. The van der Waals surface area contributed by atoms with E-state index in [0.29, 0.717) is 5.56 Å². The second-order valence-electron chi connectivity index (χ2n) is 14.8. The highest BCUT2D eigenvalue weighted by Crippen LogP contribution is 2.09. The van der Waals surface area contributed by atoms with Gasteiger partial charge in [0.2, 0.25) is 59.1 Å². The summed E-state index contributed by atoms with van der Waals surface area (Å²) in [5, 5.41) is 38.7. The standard InChI is InChI=1S/C38H57N11O14/c1-19(2)10-22(46-37(62)25(13-31(55)56)48-36(61)23(45-27(51)14-39)11-21-8-6-5-7-9-21)35(60)47-24(12-26(40)50)34(59)43-16-29(53)41-15-28(52)42-17-30(54)49-33(20(3)4)38(63)44-18-32(57)58/h5-9,19-20,22-25,33H,10-18,39H2,1-4H3,(H2,40,50)(H,41,53)(H,42,52)(H,43,59)(H,44,63)(H,45,51)(H,46,62)(H,47,60)(H,48,61)(H,49,54)(H,55,56)(H,57,58)/t22-,23+,24-,25+,33-/m0/s1. The molecule has 0 aliphatic heterocycles. The van der Waals surface area contributed by atoms with Crippen LogP contribution in [-0.2, 0) is 64.0 Å². The van der Waals surface area contributed by atoms with E-state index in [9.17, 15) is 62.6 Å². The highest BCUT2D eigenvalue weighted by molar-refractivity contribution is 5.98. The molecule has 25 nitrogen and oxygen atoms in total. The largest absolute Gasteiger partial charge is 0.481 e. The fraction of sp³-hybridized carbons (Fsp3) is 0.526. The van der Waals surface area contributed by atoms with E-state index in [1.165, 1.54) is 0 Å². The van der Waals surface area contributed by atoms with Gasteiger partial charge in [-0.2, -0.15) is 0 Å². The molecule has 0 heterocycles. The summed E-state index contributed by atoms with van der Waals surface area (Å²) in [4.78, 5) is 149. The molecule has 348 valence electrons. The summed E-state index contributed by atoms with van der Waals surface area (Å²) in [6.07, 6.45) is -1.87. The Morgan fingerprint density at radius 3 is 1.52 bits per heavy atom. The molecular formula is C38H57N11O14. The number of benzene rings is 1. The van der Waals surface area contributed by atoms with Crippen LogP contribution in [0.15, 0.2) is 30.3 Å². The van der Waals surface area contributed by atoms with Crippen LogP contribution in [0, 0.1) is 11.8 Å². The molecule has 0 aliphatic carbocycles. The number of rotatable bonds is 28. The van der Waals surface area contributed by atoms with Gasteiger partial charge in [-0.1, -0.05) is 58.0 Å². The van der Waals surface area contributed by atoms with E-state index in [1.54, 1.807) is 58.0 Å². The highest BCUT2D eigenvalue weighted by atomic mass is 16.4. The van der Waals surface area contributed by atoms with Crippen molar-refractivity contribution < 1.29 is 67.7 Å². The van der Waals surface area contributed by atoms with E-state index in [2.05, 4.69) is 47.9 Å². The maximum absolute atomic E-state index is 13.5. The summed E-state index contributed by atoms with van der Waals surface area (Å²) in [5.74, 6) is -12.8. The van der Waals surface area contributed by atoms with Gasteiger partial charge in [0.15, 0.2) is 0 Å². The molecule has 0 aliphatic rings. The van der Waals surface area contributed by atoms with Crippen molar-refractivity contribution in [3.8, 4) is 0 Å². The van der Waals surface area contributed by atoms with E-state index in [0.717, 1.165) is 0 Å². The molecule has 0 unspecified atom stereocenters. The Morgan fingerprint density at radius 2 is 1.02 bits per heavy atom. The minimum atomic E-state index is -1.77. The summed E-state index contributed by atoms with van der Waals surface area (Å²) in [6.45, 7) is 3.32. The van der Waals surface area contributed by atoms with Crippen LogP contribution in [0.1, 0.15) is 52.5 Å². The molecule has 0 saturated carbocycles. The van der Waals surface area contributed by atoms with Crippen LogP contribution >= 0.6 is 0 Å². The van der Waals surface area contributed by atoms with Gasteiger partial charge in [-0.15, -0.1) is 0 Å². The zero-order chi connectivity index (χ0) is 47.8. The smallest absolute Gasteiger partial charge is 0.322 e. The van der Waals surface area contributed by atoms with Crippen LogP contribution in [0.3, 0.4) is 0 Å². The Kier molecular flexibility index (Phi) is 23.6. The first-order valence-corrected chi connectivity index (χ1v) is 19.6. The number of carboxylic acid groups (broad SMARTS) is 2. The number of carboxylic acids is 2. The van der Waals surface area contributed by atoms with E-state index >= 15 is 0 Å². The maximum Gasteiger partial charge on any atom is 0.322 e. The van der Waals surface area contributed by atoms with Gasteiger partial charge in [0.05, 0.1) is 39.0 Å². The summed E-state index contributed by atoms with van der Waals surface area (Å²) in [7, 11) is 0. The summed E-state index contributed by atoms with van der Waals surface area (Å²) in [6, 6.07) is 1.11. The maximum atomic E-state index is 13.5. The Hall–Kier alpha value is -7.18. The molecule has 0 saturated heterocycles. The van der Waals surface area contributed by atoms with E-state index in [1.807, 2.05) is 0 Å². The van der Waals surface area contributed by atoms with Gasteiger partial charge in [0, 0.05) is 6.42 Å². The zero-order valence-corrected chi connectivity index (χ0v) is 35.2. The van der Waals surface area contributed by atoms with Crippen LogP contribution in [-0.4, -0.2) is 144 Å². The molecular weight excluding hydrogens is 834 g/mol. The number of carbonyl (C=O) groups excluding carboxylic acids is 10. The number of carbonyl (C=O) groups is 12. The first kappa shape index (κ1) is 53.8. The first-order valence-electron chi connectivity index (χ1n) is 19.6. The Labute approximate surface area is 361 Å². The number of nitrogens with one attached hydrogen (secondary N) is 9. The average Bonchev–Trinajstić information content (AvgIpc) is 3.20. The third-order valence-corrected chi connectivity index (χ3v) is 8.50. The van der Waals surface area contributed by atoms with Crippen LogP contribution in [0.25, 0.3) is 0 Å². The molecule has 63 heavy (non-hydrogen) atoms. The topological polar surface area (TPSA) is 406 Å². The normalized spacial score (nSPS) is 13.1. The molecule has 1 aromatic carbocycles.